The van der Waals surface area contributed by atoms with Crippen LogP contribution >= 0.6 is 0 Å². The van der Waals surface area contributed by atoms with E-state index in [9.17, 15) is 14.5 Å². The summed E-state index contributed by atoms with van der Waals surface area (Å²) in [5.74, 6) is 0.210. The van der Waals surface area contributed by atoms with Crippen molar-refractivity contribution in [1.29, 1.82) is 0 Å². The summed E-state index contributed by atoms with van der Waals surface area (Å²) >= 11 is 0. The number of hydrogen-bond donors (Lipinski definition) is 0. The van der Waals surface area contributed by atoms with Gasteiger partial charge in [0, 0.05) is 23.3 Å². The Labute approximate surface area is 134 Å². The topological polar surface area (TPSA) is 86.5 Å². The minimum atomic E-state index is -0.464. The Kier molecular flexibility index (Phi) is 3.09. The van der Waals surface area contributed by atoms with Crippen LogP contribution in [0.25, 0.3) is 28.6 Å². The summed E-state index contributed by atoms with van der Waals surface area (Å²) in [7, 11) is 0. The van der Waals surface area contributed by atoms with Gasteiger partial charge in [0.1, 0.15) is 5.82 Å². The third-order valence-electron chi connectivity index (χ3n) is 3.49. The first-order chi connectivity index (χ1) is 11.6. The molecule has 0 N–H and O–H groups in total. The molecule has 0 bridgehead atoms. The van der Waals surface area contributed by atoms with Gasteiger partial charge in [0.25, 0.3) is 5.69 Å². The Morgan fingerprint density at radius 2 is 1.92 bits per heavy atom. The quantitative estimate of drug-likeness (QED) is 0.423. The summed E-state index contributed by atoms with van der Waals surface area (Å²) in [6.07, 6.45) is 1.62. The summed E-state index contributed by atoms with van der Waals surface area (Å²) in [6.45, 7) is 0. The van der Waals surface area contributed by atoms with Crippen LogP contribution in [0, 0.1) is 15.9 Å². The second-order valence-electron chi connectivity index (χ2n) is 5.07. The van der Waals surface area contributed by atoms with Crippen molar-refractivity contribution in [2.24, 2.45) is 0 Å². The van der Waals surface area contributed by atoms with Gasteiger partial charge in [-0.25, -0.2) is 4.39 Å². The van der Waals surface area contributed by atoms with Gasteiger partial charge in [-0.2, -0.15) is 9.50 Å². The maximum Gasteiger partial charge on any atom is 0.325 e. The molecule has 0 aliphatic rings. The van der Waals surface area contributed by atoms with Crippen LogP contribution in [0.2, 0.25) is 0 Å². The molecule has 0 saturated carbocycles. The fourth-order valence-electron chi connectivity index (χ4n) is 2.33. The first-order valence-corrected chi connectivity index (χ1v) is 6.97. The molecule has 2 heterocycles. The van der Waals surface area contributed by atoms with Crippen LogP contribution < -0.4 is 0 Å². The van der Waals surface area contributed by atoms with Crippen molar-refractivity contribution >= 4 is 11.5 Å². The highest BCUT2D eigenvalue weighted by Crippen LogP contribution is 2.25. The molecule has 0 radical (unpaired) electrons. The van der Waals surface area contributed by atoms with E-state index in [-0.39, 0.29) is 17.3 Å². The minimum Gasteiger partial charge on any atom is -0.403 e. The second-order valence-corrected chi connectivity index (χ2v) is 5.07. The van der Waals surface area contributed by atoms with Gasteiger partial charge in [0.05, 0.1) is 16.8 Å². The summed E-state index contributed by atoms with van der Waals surface area (Å²) in [5, 5.41) is 15.1. The van der Waals surface area contributed by atoms with Crippen LogP contribution in [-0.4, -0.2) is 19.5 Å². The molecule has 0 unspecified atom stereocenters. The van der Waals surface area contributed by atoms with Gasteiger partial charge < -0.3 is 4.42 Å². The highest BCUT2D eigenvalue weighted by atomic mass is 19.1. The Balaban J connectivity index is 1.72. The van der Waals surface area contributed by atoms with Gasteiger partial charge in [-0.05, 0) is 24.3 Å². The molecule has 2 aromatic carbocycles. The molecule has 8 heteroatoms. The smallest absolute Gasteiger partial charge is 0.325 e. The van der Waals surface area contributed by atoms with E-state index >= 15 is 0 Å². The molecule has 0 aliphatic carbocycles. The van der Waals surface area contributed by atoms with Gasteiger partial charge in [-0.3, -0.25) is 10.1 Å². The second kappa shape index (κ2) is 5.27. The van der Waals surface area contributed by atoms with Crippen LogP contribution in [0.3, 0.4) is 0 Å². The van der Waals surface area contributed by atoms with E-state index in [2.05, 4.69) is 10.1 Å². The zero-order chi connectivity index (χ0) is 16.7. The fourth-order valence-corrected chi connectivity index (χ4v) is 2.33. The lowest BCUT2D eigenvalue weighted by atomic mass is 10.1. The molecule has 4 aromatic rings. The van der Waals surface area contributed by atoms with Crippen LogP contribution in [0.5, 0.6) is 0 Å². The molecule has 118 valence electrons. The van der Waals surface area contributed by atoms with E-state index in [1.54, 1.807) is 30.5 Å². The number of rotatable bonds is 3. The molecule has 0 atom stereocenters. The van der Waals surface area contributed by atoms with Gasteiger partial charge in [0.15, 0.2) is 0 Å². The molecule has 0 spiro atoms. The predicted octanol–water partition coefficient (Wildman–Crippen LogP) is 3.70. The monoisotopic (exact) mass is 324 g/mol. The van der Waals surface area contributed by atoms with E-state index < -0.39 is 4.92 Å². The third-order valence-corrected chi connectivity index (χ3v) is 3.49. The minimum absolute atomic E-state index is 0.0166. The number of halogens is 1. The predicted molar refractivity (Wildman–Crippen MR) is 82.7 cm³/mol. The van der Waals surface area contributed by atoms with Crippen LogP contribution in [0.1, 0.15) is 0 Å². The molecule has 0 saturated heterocycles. The molecule has 7 nitrogen and oxygen atoms in total. The SMILES string of the molecule is O=[N+]([O-])c1cccc(-c2cn3nc(-c4ccc(F)cc4)oc3n2)c1. The number of nitro groups is 1. The molecular weight excluding hydrogens is 315 g/mol. The van der Waals surface area contributed by atoms with Crippen molar-refractivity contribution in [1.82, 2.24) is 14.6 Å². The number of nitro benzene ring substituents is 1. The Morgan fingerprint density at radius 3 is 2.62 bits per heavy atom. The zero-order valence-corrected chi connectivity index (χ0v) is 12.1. The standard InChI is InChI=1S/C16H9FN4O3/c17-12-6-4-10(5-7-12)15-19-20-9-14(18-16(20)24-15)11-2-1-3-13(8-11)21(22)23/h1-9H. The number of aromatic nitrogens is 3. The highest BCUT2D eigenvalue weighted by molar-refractivity contribution is 5.64. The summed E-state index contributed by atoms with van der Waals surface area (Å²) in [6, 6.07) is 11.9. The van der Waals surface area contributed by atoms with Crippen LogP contribution in [-0.2, 0) is 0 Å². The number of non-ortho nitro benzene ring substituents is 1. The van der Waals surface area contributed by atoms with Gasteiger partial charge >= 0.3 is 5.84 Å². The third kappa shape index (κ3) is 2.39. The Morgan fingerprint density at radius 1 is 1.12 bits per heavy atom. The average Bonchev–Trinajstić information content (AvgIpc) is 3.14. The number of nitrogens with zero attached hydrogens (tertiary/aromatic N) is 4. The summed E-state index contributed by atoms with van der Waals surface area (Å²) in [5.41, 5.74) is 1.71. The first-order valence-electron chi connectivity index (χ1n) is 6.97. The average molecular weight is 324 g/mol. The number of fused-ring (bicyclic) bond motifs is 1. The lowest BCUT2D eigenvalue weighted by molar-refractivity contribution is -0.384. The van der Waals surface area contributed by atoms with E-state index in [1.165, 1.54) is 28.8 Å². The summed E-state index contributed by atoms with van der Waals surface area (Å²) < 4.78 is 20.0. The highest BCUT2D eigenvalue weighted by Gasteiger charge is 2.14. The van der Waals surface area contributed by atoms with E-state index in [1.807, 2.05) is 0 Å². The van der Waals surface area contributed by atoms with Crippen LogP contribution in [0.15, 0.2) is 59.1 Å². The maximum atomic E-state index is 13.0. The Hall–Kier alpha value is -3.55. The van der Waals surface area contributed by atoms with Crippen molar-refractivity contribution in [3.63, 3.8) is 0 Å². The van der Waals surface area contributed by atoms with Crippen molar-refractivity contribution < 1.29 is 13.7 Å². The van der Waals surface area contributed by atoms with E-state index in [0.717, 1.165) is 0 Å². The van der Waals surface area contributed by atoms with Gasteiger partial charge in [-0.1, -0.05) is 12.1 Å². The molecule has 0 amide bonds. The number of hydrogen-bond acceptors (Lipinski definition) is 5. The van der Waals surface area contributed by atoms with Gasteiger partial charge in [-0.15, -0.1) is 5.10 Å². The first kappa shape index (κ1) is 14.1. The normalized spacial score (nSPS) is 11.0. The molecule has 2 aromatic heterocycles. The molecular formula is C16H9FN4O3. The summed E-state index contributed by atoms with van der Waals surface area (Å²) in [4.78, 5) is 14.7. The van der Waals surface area contributed by atoms with E-state index in [4.69, 9.17) is 4.42 Å². The van der Waals surface area contributed by atoms with Crippen LogP contribution in [0.4, 0.5) is 10.1 Å². The maximum absolute atomic E-state index is 13.0. The molecule has 0 fully saturated rings. The number of imidazole rings is 1. The van der Waals surface area contributed by atoms with Crippen molar-refractivity contribution in [2.45, 2.75) is 0 Å². The Bertz CT molecular complexity index is 1020. The number of benzene rings is 2. The fraction of sp³-hybridized carbons (Fsp3) is 0. The lowest BCUT2D eigenvalue weighted by Gasteiger charge is -1.96. The van der Waals surface area contributed by atoms with Crippen molar-refractivity contribution in [2.75, 3.05) is 0 Å². The van der Waals surface area contributed by atoms with E-state index in [0.29, 0.717) is 22.7 Å². The molecule has 24 heavy (non-hydrogen) atoms. The molecule has 4 rings (SSSR count). The van der Waals surface area contributed by atoms with Gasteiger partial charge in [0.2, 0.25) is 5.89 Å². The van der Waals surface area contributed by atoms with Crippen molar-refractivity contribution in [3.8, 4) is 22.7 Å². The zero-order valence-electron chi connectivity index (χ0n) is 12.1. The molecule has 0 aliphatic heterocycles. The largest absolute Gasteiger partial charge is 0.403 e. The van der Waals surface area contributed by atoms with Crippen molar-refractivity contribution in [3.05, 3.63) is 70.7 Å². The lowest BCUT2D eigenvalue weighted by Crippen LogP contribution is -1.88.